The molecule has 4 rings (SSSR count). The van der Waals surface area contributed by atoms with Gasteiger partial charge in [0.25, 0.3) is 11.5 Å². The second-order valence-corrected chi connectivity index (χ2v) is 8.05. The highest BCUT2D eigenvalue weighted by atomic mass is 16.5. The summed E-state index contributed by atoms with van der Waals surface area (Å²) in [5.74, 6) is 0.325. The lowest BCUT2D eigenvalue weighted by molar-refractivity contribution is -0.118. The number of nitrogens with one attached hydrogen (secondary N) is 2. The molecule has 1 aromatic heterocycles. The van der Waals surface area contributed by atoms with E-state index in [4.69, 9.17) is 25.2 Å². The molecule has 0 aromatic carbocycles. The second-order valence-electron chi connectivity index (χ2n) is 8.05. The Balaban J connectivity index is 0.000000198. The van der Waals surface area contributed by atoms with Crippen LogP contribution in [0, 0.1) is 6.92 Å². The first-order valence-electron chi connectivity index (χ1n) is 10.7. The van der Waals surface area contributed by atoms with E-state index in [1.807, 2.05) is 6.08 Å². The first-order valence-corrected chi connectivity index (χ1v) is 10.7. The summed E-state index contributed by atoms with van der Waals surface area (Å²) in [7, 11) is 0. The molecule has 0 spiro atoms. The van der Waals surface area contributed by atoms with E-state index in [1.165, 1.54) is 10.8 Å². The van der Waals surface area contributed by atoms with E-state index in [1.54, 1.807) is 31.0 Å². The zero-order valence-corrected chi connectivity index (χ0v) is 19.2. The first kappa shape index (κ1) is 25.9. The van der Waals surface area contributed by atoms with Crippen molar-refractivity contribution in [2.24, 2.45) is 5.11 Å². The van der Waals surface area contributed by atoms with Crippen LogP contribution < -0.4 is 16.6 Å². The molecule has 188 valence electrons. The van der Waals surface area contributed by atoms with Crippen molar-refractivity contribution in [3.63, 3.8) is 0 Å². The van der Waals surface area contributed by atoms with Gasteiger partial charge in [-0.3, -0.25) is 19.1 Å². The summed E-state index contributed by atoms with van der Waals surface area (Å²) in [5.41, 5.74) is 8.35. The Morgan fingerprint density at radius 2 is 1.97 bits per heavy atom. The van der Waals surface area contributed by atoms with Crippen LogP contribution in [0.1, 0.15) is 25.1 Å². The highest BCUT2D eigenvalue weighted by molar-refractivity contribution is 5.94. The van der Waals surface area contributed by atoms with Crippen LogP contribution in [0.25, 0.3) is 10.4 Å². The molecule has 0 bridgehead atoms. The molecule has 1 aromatic rings. The number of H-pyrrole nitrogens is 1. The smallest absolute Gasteiger partial charge is 0.330 e. The van der Waals surface area contributed by atoms with Crippen molar-refractivity contribution in [3.05, 3.63) is 79.4 Å². The molecule has 3 aliphatic heterocycles. The van der Waals surface area contributed by atoms with Crippen molar-refractivity contribution < 1.29 is 24.5 Å². The van der Waals surface area contributed by atoms with Gasteiger partial charge >= 0.3 is 5.69 Å². The van der Waals surface area contributed by atoms with E-state index in [0.717, 1.165) is 0 Å². The summed E-state index contributed by atoms with van der Waals surface area (Å²) in [6.45, 7) is 6.67. The maximum absolute atomic E-state index is 11.7. The third-order valence-corrected chi connectivity index (χ3v) is 5.56. The molecule has 1 saturated heterocycles. The van der Waals surface area contributed by atoms with Crippen molar-refractivity contribution in [1.82, 2.24) is 19.8 Å². The Morgan fingerprint density at radius 1 is 1.23 bits per heavy atom. The third kappa shape index (κ3) is 5.88. The summed E-state index contributed by atoms with van der Waals surface area (Å²) in [6, 6.07) is -0.542. The van der Waals surface area contributed by atoms with Crippen LogP contribution >= 0.6 is 0 Å². The van der Waals surface area contributed by atoms with E-state index in [-0.39, 0.29) is 37.9 Å². The average Bonchev–Trinajstić information content (AvgIpc) is 3.46. The minimum atomic E-state index is -0.671. The fourth-order valence-corrected chi connectivity index (χ4v) is 3.66. The lowest BCUT2D eigenvalue weighted by atomic mass is 10.1. The van der Waals surface area contributed by atoms with Gasteiger partial charge in [0.15, 0.2) is 6.23 Å². The number of carbonyl (C=O) groups is 1. The van der Waals surface area contributed by atoms with E-state index in [0.29, 0.717) is 17.0 Å². The van der Waals surface area contributed by atoms with Crippen LogP contribution in [0.5, 0.6) is 0 Å². The molecular weight excluding hydrogens is 462 g/mol. The van der Waals surface area contributed by atoms with Crippen LogP contribution in [-0.2, 0) is 14.3 Å². The standard InChI is InChI=1S/C11H14N2O3.C10H13N5O4/c1-7-5-13(8(2)12-11(7)15)10-4-3-9(6-14)16-10;1-5-3-15(10(18)12-9(5)17)8-2-6(13-14-11)7(4-16)19-8/h3-5,9-10,14H,2,6H2,1H3,(H,12,15);3,6-8,16H,2,4H2,1H3,(H,12,17,18)/t9-,10+;6?,7-,8-/m01/s1. The van der Waals surface area contributed by atoms with Crippen molar-refractivity contribution in [2.75, 3.05) is 13.2 Å². The summed E-state index contributed by atoms with van der Waals surface area (Å²) in [4.78, 5) is 40.9. The van der Waals surface area contributed by atoms with Crippen LogP contribution in [0.4, 0.5) is 0 Å². The van der Waals surface area contributed by atoms with Crippen LogP contribution in [0.3, 0.4) is 0 Å². The highest BCUT2D eigenvalue weighted by Gasteiger charge is 2.35. The number of hydrogen-bond acceptors (Lipinski definition) is 9. The predicted molar refractivity (Wildman–Crippen MR) is 122 cm³/mol. The van der Waals surface area contributed by atoms with Gasteiger partial charge in [-0.1, -0.05) is 17.8 Å². The lowest BCUT2D eigenvalue weighted by Gasteiger charge is -2.32. The number of hydrogen-bond donors (Lipinski definition) is 4. The summed E-state index contributed by atoms with van der Waals surface area (Å²) in [5, 5.41) is 24.2. The Bertz CT molecular complexity index is 1200. The van der Waals surface area contributed by atoms with Gasteiger partial charge in [0.2, 0.25) is 0 Å². The Hall–Kier alpha value is -3.68. The maximum atomic E-state index is 11.7. The number of amides is 1. The number of rotatable bonds is 5. The van der Waals surface area contributed by atoms with Gasteiger partial charge in [0.1, 0.15) is 18.2 Å². The third-order valence-electron chi connectivity index (χ3n) is 5.56. The fraction of sp³-hybridized carbons (Fsp3) is 0.476. The number of aromatic nitrogens is 2. The lowest BCUT2D eigenvalue weighted by Crippen LogP contribution is -2.42. The summed E-state index contributed by atoms with van der Waals surface area (Å²) >= 11 is 0. The number of carbonyl (C=O) groups excluding carboxylic acids is 1. The molecule has 0 aliphatic carbocycles. The van der Waals surface area contributed by atoms with Gasteiger partial charge in [-0.05, 0) is 25.5 Å². The Morgan fingerprint density at radius 3 is 2.60 bits per heavy atom. The zero-order chi connectivity index (χ0) is 25.7. The minimum Gasteiger partial charge on any atom is -0.394 e. The van der Waals surface area contributed by atoms with E-state index in [9.17, 15) is 14.4 Å². The van der Waals surface area contributed by atoms with Crippen LogP contribution in [-0.4, -0.2) is 68.3 Å². The van der Waals surface area contributed by atoms with Crippen molar-refractivity contribution >= 4 is 5.91 Å². The van der Waals surface area contributed by atoms with Crippen molar-refractivity contribution in [2.45, 2.75) is 51.0 Å². The first-order chi connectivity index (χ1) is 16.7. The van der Waals surface area contributed by atoms with Crippen molar-refractivity contribution in [3.8, 4) is 0 Å². The van der Waals surface area contributed by atoms with Gasteiger partial charge in [0, 0.05) is 34.9 Å². The molecule has 5 atom stereocenters. The number of aromatic amines is 1. The monoisotopic (exact) mass is 489 g/mol. The number of aryl methyl sites for hydroxylation is 1. The molecular formula is C21H27N7O7. The van der Waals surface area contributed by atoms with Crippen molar-refractivity contribution in [1.29, 1.82) is 0 Å². The second kappa shape index (κ2) is 11.2. The normalized spacial score (nSPS) is 27.6. The molecule has 1 unspecified atom stereocenters. The molecule has 14 nitrogen and oxygen atoms in total. The number of ether oxygens (including phenoxy) is 2. The van der Waals surface area contributed by atoms with Crippen LogP contribution in [0.2, 0.25) is 0 Å². The number of azide groups is 1. The van der Waals surface area contributed by atoms with Gasteiger partial charge in [0.05, 0.1) is 25.4 Å². The number of nitrogens with zero attached hydrogens (tertiary/aromatic N) is 5. The van der Waals surface area contributed by atoms with E-state index < -0.39 is 29.6 Å². The topological polar surface area (TPSA) is 195 Å². The average molecular weight is 489 g/mol. The van der Waals surface area contributed by atoms with Gasteiger partial charge in [-0.25, -0.2) is 4.79 Å². The number of aliphatic hydroxyl groups excluding tert-OH is 2. The summed E-state index contributed by atoms with van der Waals surface area (Å²) < 4.78 is 12.2. The van der Waals surface area contributed by atoms with Gasteiger partial charge in [-0.2, -0.15) is 0 Å². The number of aliphatic hydroxyl groups is 2. The van der Waals surface area contributed by atoms with Crippen LogP contribution in [0.15, 0.2) is 57.2 Å². The quantitative estimate of drug-likeness (QED) is 0.190. The Labute approximate surface area is 199 Å². The molecule has 4 heterocycles. The largest absolute Gasteiger partial charge is 0.394 e. The molecule has 0 saturated carbocycles. The molecule has 14 heteroatoms. The molecule has 1 fully saturated rings. The molecule has 4 N–H and O–H groups in total. The van der Waals surface area contributed by atoms with E-state index >= 15 is 0 Å². The maximum Gasteiger partial charge on any atom is 0.330 e. The molecule has 1 amide bonds. The zero-order valence-electron chi connectivity index (χ0n) is 19.2. The van der Waals surface area contributed by atoms with E-state index in [2.05, 4.69) is 26.9 Å². The van der Waals surface area contributed by atoms with Gasteiger partial charge < -0.3 is 29.9 Å². The molecule has 35 heavy (non-hydrogen) atoms. The highest BCUT2D eigenvalue weighted by Crippen LogP contribution is 2.29. The molecule has 3 aliphatic rings. The SMILES string of the molecule is C=C1NC(=O)C(C)=CN1[C@H]1C=C[C@@H](CO)O1.Cc1cn([C@H]2CC(N=[N+]=[N-])[C@@H](CO)O2)c(=O)[nH]c1=O. The van der Waals surface area contributed by atoms with Gasteiger partial charge in [-0.15, -0.1) is 0 Å². The molecule has 0 radical (unpaired) electrons. The minimum absolute atomic E-state index is 0.0532. The fourth-order valence-electron chi connectivity index (χ4n) is 3.66. The summed E-state index contributed by atoms with van der Waals surface area (Å²) in [6.07, 6.45) is 5.03. The Kier molecular flexibility index (Phi) is 8.27. The predicted octanol–water partition coefficient (Wildman–Crippen LogP) is -0.130.